The summed E-state index contributed by atoms with van der Waals surface area (Å²) in [5, 5.41) is 8.45. The molecule has 1 fully saturated rings. The van der Waals surface area contributed by atoms with E-state index in [-0.39, 0.29) is 29.6 Å². The maximum Gasteiger partial charge on any atom is 0.228 e. The first-order chi connectivity index (χ1) is 12.8. The third-order valence-electron chi connectivity index (χ3n) is 4.64. The highest BCUT2D eigenvalue weighted by atomic mass is 16.2. The number of carbonyl (C=O) groups excluding carboxylic acids is 3. The van der Waals surface area contributed by atoms with Crippen LogP contribution in [-0.2, 0) is 14.4 Å². The molecule has 0 saturated heterocycles. The van der Waals surface area contributed by atoms with Gasteiger partial charge in [0.15, 0.2) is 0 Å². The van der Waals surface area contributed by atoms with Crippen LogP contribution in [0.15, 0.2) is 42.5 Å². The topological polar surface area (TPSA) is 87.3 Å². The molecule has 6 heteroatoms. The maximum atomic E-state index is 12.5. The summed E-state index contributed by atoms with van der Waals surface area (Å²) in [6.07, 6.45) is 0.536. The molecular weight excluding hydrogens is 342 g/mol. The Balaban J connectivity index is 1.59. The van der Waals surface area contributed by atoms with Gasteiger partial charge in [-0.3, -0.25) is 14.4 Å². The van der Waals surface area contributed by atoms with E-state index in [1.165, 1.54) is 6.92 Å². The van der Waals surface area contributed by atoms with Crippen molar-refractivity contribution in [2.24, 2.45) is 11.8 Å². The Morgan fingerprint density at radius 3 is 1.93 bits per heavy atom. The number of para-hydroxylation sites is 1. The van der Waals surface area contributed by atoms with Crippen molar-refractivity contribution in [2.45, 2.75) is 27.2 Å². The highest BCUT2D eigenvalue weighted by Gasteiger charge is 2.48. The van der Waals surface area contributed by atoms with Crippen molar-refractivity contribution in [1.82, 2.24) is 0 Å². The molecule has 27 heavy (non-hydrogen) atoms. The van der Waals surface area contributed by atoms with Gasteiger partial charge in [0, 0.05) is 24.0 Å². The van der Waals surface area contributed by atoms with Gasteiger partial charge in [0.25, 0.3) is 0 Å². The van der Waals surface area contributed by atoms with Gasteiger partial charge in [-0.2, -0.15) is 0 Å². The molecule has 0 aliphatic heterocycles. The molecule has 1 saturated carbocycles. The molecule has 2 aromatic carbocycles. The molecule has 3 rings (SSSR count). The van der Waals surface area contributed by atoms with E-state index in [1.54, 1.807) is 24.3 Å². The van der Waals surface area contributed by atoms with Gasteiger partial charge < -0.3 is 16.0 Å². The normalized spacial score (nSPS) is 17.7. The highest BCUT2D eigenvalue weighted by molar-refractivity contribution is 6.04. The third kappa shape index (κ3) is 4.53. The quantitative estimate of drug-likeness (QED) is 0.758. The highest BCUT2D eigenvalue weighted by Crippen LogP contribution is 2.40. The van der Waals surface area contributed by atoms with Crippen LogP contribution in [0.3, 0.4) is 0 Å². The van der Waals surface area contributed by atoms with Crippen molar-refractivity contribution >= 4 is 34.8 Å². The van der Waals surface area contributed by atoms with E-state index in [1.807, 2.05) is 32.0 Å². The molecule has 6 nitrogen and oxygen atoms in total. The number of anilines is 3. The largest absolute Gasteiger partial charge is 0.326 e. The zero-order valence-electron chi connectivity index (χ0n) is 15.6. The maximum absolute atomic E-state index is 12.5. The number of aryl methyl sites for hydroxylation is 2. The lowest BCUT2D eigenvalue weighted by Gasteiger charge is -2.11. The van der Waals surface area contributed by atoms with Crippen molar-refractivity contribution in [2.75, 3.05) is 16.0 Å². The molecule has 0 bridgehead atoms. The minimum atomic E-state index is -0.334. The minimum absolute atomic E-state index is 0.125. The van der Waals surface area contributed by atoms with E-state index in [4.69, 9.17) is 0 Å². The fourth-order valence-electron chi connectivity index (χ4n) is 3.11. The Kier molecular flexibility index (Phi) is 5.26. The molecule has 0 radical (unpaired) electrons. The summed E-state index contributed by atoms with van der Waals surface area (Å²) in [6.45, 7) is 5.32. The van der Waals surface area contributed by atoms with Crippen LogP contribution in [0.25, 0.3) is 0 Å². The Bertz CT molecular complexity index is 887. The van der Waals surface area contributed by atoms with E-state index in [0.29, 0.717) is 17.8 Å². The minimum Gasteiger partial charge on any atom is -0.326 e. The molecular formula is C21H23N3O3. The number of carbonyl (C=O) groups is 3. The first kappa shape index (κ1) is 18.6. The predicted molar refractivity (Wildman–Crippen MR) is 106 cm³/mol. The standard InChI is InChI=1S/C21H23N3O3/c1-12-6-4-7-13(2)19(12)24-21(27)18-11-17(18)20(26)23-16-9-5-8-15(10-16)22-14(3)25/h4-10,17-18H,11H2,1-3H3,(H,22,25)(H,23,26)(H,24,27). The fraction of sp³-hybridized carbons (Fsp3) is 0.286. The van der Waals surface area contributed by atoms with E-state index in [2.05, 4.69) is 16.0 Å². The van der Waals surface area contributed by atoms with Crippen LogP contribution in [0.5, 0.6) is 0 Å². The van der Waals surface area contributed by atoms with Crippen molar-refractivity contribution in [3.05, 3.63) is 53.6 Å². The van der Waals surface area contributed by atoms with E-state index in [9.17, 15) is 14.4 Å². The van der Waals surface area contributed by atoms with Crippen LogP contribution in [0.4, 0.5) is 17.1 Å². The summed E-state index contributed by atoms with van der Waals surface area (Å²) in [7, 11) is 0. The van der Waals surface area contributed by atoms with Gasteiger partial charge in [0.2, 0.25) is 17.7 Å². The smallest absolute Gasteiger partial charge is 0.228 e. The Morgan fingerprint density at radius 2 is 1.33 bits per heavy atom. The zero-order valence-corrected chi connectivity index (χ0v) is 15.6. The van der Waals surface area contributed by atoms with Gasteiger partial charge >= 0.3 is 0 Å². The van der Waals surface area contributed by atoms with Crippen molar-refractivity contribution < 1.29 is 14.4 Å². The molecule has 3 amide bonds. The summed E-state index contributed by atoms with van der Waals surface area (Å²) in [4.78, 5) is 36.1. The molecule has 1 aliphatic rings. The summed E-state index contributed by atoms with van der Waals surface area (Å²) in [5.74, 6) is -1.14. The second-order valence-corrected chi connectivity index (χ2v) is 6.96. The number of rotatable bonds is 5. The molecule has 2 unspecified atom stereocenters. The lowest BCUT2D eigenvalue weighted by Crippen LogP contribution is -2.21. The zero-order chi connectivity index (χ0) is 19.6. The van der Waals surface area contributed by atoms with Crippen LogP contribution in [0.1, 0.15) is 24.5 Å². The number of hydrogen-bond donors (Lipinski definition) is 3. The average Bonchev–Trinajstić information content (AvgIpc) is 3.39. The number of amides is 3. The fourth-order valence-corrected chi connectivity index (χ4v) is 3.11. The van der Waals surface area contributed by atoms with Gasteiger partial charge in [-0.25, -0.2) is 0 Å². The third-order valence-corrected chi connectivity index (χ3v) is 4.64. The van der Waals surface area contributed by atoms with Crippen LogP contribution in [0, 0.1) is 25.7 Å². The Morgan fingerprint density at radius 1 is 0.815 bits per heavy atom. The van der Waals surface area contributed by atoms with E-state index >= 15 is 0 Å². The van der Waals surface area contributed by atoms with Gasteiger partial charge in [-0.15, -0.1) is 0 Å². The van der Waals surface area contributed by atoms with E-state index in [0.717, 1.165) is 16.8 Å². The molecule has 0 aromatic heterocycles. The van der Waals surface area contributed by atoms with Crippen LogP contribution in [0.2, 0.25) is 0 Å². The first-order valence-corrected chi connectivity index (χ1v) is 8.90. The first-order valence-electron chi connectivity index (χ1n) is 8.90. The molecule has 0 heterocycles. The average molecular weight is 365 g/mol. The molecule has 2 atom stereocenters. The molecule has 2 aromatic rings. The lowest BCUT2D eigenvalue weighted by atomic mass is 10.1. The Hall–Kier alpha value is -3.15. The van der Waals surface area contributed by atoms with Crippen LogP contribution >= 0.6 is 0 Å². The predicted octanol–water partition coefficient (Wildman–Crippen LogP) is 3.48. The summed E-state index contributed by atoms with van der Waals surface area (Å²) >= 11 is 0. The number of nitrogens with one attached hydrogen (secondary N) is 3. The van der Waals surface area contributed by atoms with Crippen LogP contribution in [-0.4, -0.2) is 17.7 Å². The molecule has 140 valence electrons. The second kappa shape index (κ2) is 7.61. The van der Waals surface area contributed by atoms with Gasteiger partial charge in [-0.05, 0) is 49.6 Å². The monoisotopic (exact) mass is 365 g/mol. The lowest BCUT2D eigenvalue weighted by molar-refractivity contribution is -0.122. The SMILES string of the molecule is CC(=O)Nc1cccc(NC(=O)C2CC2C(=O)Nc2c(C)cccc2C)c1. The summed E-state index contributed by atoms with van der Waals surface area (Å²) < 4.78 is 0. The van der Waals surface area contributed by atoms with Crippen molar-refractivity contribution in [3.8, 4) is 0 Å². The Labute approximate surface area is 158 Å². The number of benzene rings is 2. The molecule has 0 spiro atoms. The van der Waals surface area contributed by atoms with E-state index < -0.39 is 0 Å². The second-order valence-electron chi connectivity index (χ2n) is 6.96. The summed E-state index contributed by atoms with van der Waals surface area (Å²) in [5.41, 5.74) is 4.02. The van der Waals surface area contributed by atoms with Gasteiger partial charge in [-0.1, -0.05) is 24.3 Å². The van der Waals surface area contributed by atoms with Crippen molar-refractivity contribution in [1.29, 1.82) is 0 Å². The van der Waals surface area contributed by atoms with Gasteiger partial charge in [0.05, 0.1) is 11.8 Å². The molecule has 1 aliphatic carbocycles. The van der Waals surface area contributed by atoms with Gasteiger partial charge in [0.1, 0.15) is 0 Å². The molecule has 3 N–H and O–H groups in total. The summed E-state index contributed by atoms with van der Waals surface area (Å²) in [6, 6.07) is 12.8. The van der Waals surface area contributed by atoms with Crippen molar-refractivity contribution in [3.63, 3.8) is 0 Å². The van der Waals surface area contributed by atoms with Crippen LogP contribution < -0.4 is 16.0 Å². The number of hydrogen-bond acceptors (Lipinski definition) is 3.